The van der Waals surface area contributed by atoms with Gasteiger partial charge in [0, 0.05) is 6.54 Å². The molecule has 1 unspecified atom stereocenters. The summed E-state index contributed by atoms with van der Waals surface area (Å²) in [5.74, 6) is -0.967. The van der Waals surface area contributed by atoms with Crippen LogP contribution in [-0.2, 0) is 4.79 Å². The maximum absolute atomic E-state index is 9.99. The van der Waals surface area contributed by atoms with Crippen LogP contribution < -0.4 is 5.32 Å². The van der Waals surface area contributed by atoms with E-state index in [0.29, 0.717) is 6.54 Å². The van der Waals surface area contributed by atoms with Crippen LogP contribution in [0.3, 0.4) is 0 Å². The van der Waals surface area contributed by atoms with E-state index >= 15 is 0 Å². The lowest BCUT2D eigenvalue weighted by Crippen LogP contribution is -2.28. The number of aliphatic hydroxyl groups is 1. The normalized spacial score (nSPS) is 13.0. The lowest BCUT2D eigenvalue weighted by Gasteiger charge is -2.06. The van der Waals surface area contributed by atoms with Gasteiger partial charge in [0.15, 0.2) is 0 Å². The molecule has 0 aliphatic rings. The molecule has 0 aliphatic carbocycles. The standard InChI is InChI=1S/C6H13NO3/c1-2-7-4-5(8)3-6(9)10/h5,7-8H,2-4H2,1H3,(H,9,10). The van der Waals surface area contributed by atoms with Gasteiger partial charge in [0.1, 0.15) is 0 Å². The number of nitrogens with one attached hydrogen (secondary N) is 1. The van der Waals surface area contributed by atoms with Gasteiger partial charge in [-0.05, 0) is 6.54 Å². The molecule has 60 valence electrons. The molecular weight excluding hydrogens is 134 g/mol. The molecule has 0 heterocycles. The summed E-state index contributed by atoms with van der Waals surface area (Å²) in [6.07, 6.45) is -0.954. The number of carboxylic acids is 1. The summed E-state index contributed by atoms with van der Waals surface area (Å²) in [5, 5.41) is 19.9. The van der Waals surface area contributed by atoms with Gasteiger partial charge in [-0.15, -0.1) is 0 Å². The summed E-state index contributed by atoms with van der Waals surface area (Å²) in [4.78, 5) is 9.99. The van der Waals surface area contributed by atoms with Gasteiger partial charge in [-0.25, -0.2) is 0 Å². The molecule has 0 aromatic rings. The SMILES string of the molecule is CCNCC(O)CC(=O)O. The average Bonchev–Trinajstić information content (AvgIpc) is 1.82. The van der Waals surface area contributed by atoms with Crippen LogP contribution in [0, 0.1) is 0 Å². The van der Waals surface area contributed by atoms with Crippen molar-refractivity contribution in [2.45, 2.75) is 19.4 Å². The Kier molecular flexibility index (Phi) is 4.88. The van der Waals surface area contributed by atoms with Crippen molar-refractivity contribution in [3.8, 4) is 0 Å². The number of likely N-dealkylation sites (N-methyl/N-ethyl adjacent to an activating group) is 1. The van der Waals surface area contributed by atoms with E-state index in [1.165, 1.54) is 0 Å². The molecule has 10 heavy (non-hydrogen) atoms. The zero-order valence-corrected chi connectivity index (χ0v) is 6.00. The summed E-state index contributed by atoms with van der Waals surface area (Å²) in [6.45, 7) is 2.99. The number of hydrogen-bond acceptors (Lipinski definition) is 3. The first-order chi connectivity index (χ1) is 4.66. The van der Waals surface area contributed by atoms with Gasteiger partial charge in [-0.1, -0.05) is 6.92 Å². The smallest absolute Gasteiger partial charge is 0.306 e. The fraction of sp³-hybridized carbons (Fsp3) is 0.833. The summed E-state index contributed by atoms with van der Waals surface area (Å²) in [6, 6.07) is 0. The molecule has 0 saturated carbocycles. The summed E-state index contributed by atoms with van der Waals surface area (Å²) in [5.41, 5.74) is 0. The van der Waals surface area contributed by atoms with Gasteiger partial charge < -0.3 is 15.5 Å². The van der Waals surface area contributed by atoms with E-state index in [4.69, 9.17) is 10.2 Å². The fourth-order valence-electron chi connectivity index (χ4n) is 0.585. The molecule has 0 bridgehead atoms. The first-order valence-corrected chi connectivity index (χ1v) is 3.27. The van der Waals surface area contributed by atoms with E-state index in [0.717, 1.165) is 6.54 Å². The predicted molar refractivity (Wildman–Crippen MR) is 36.8 cm³/mol. The Balaban J connectivity index is 3.25. The zero-order chi connectivity index (χ0) is 7.98. The highest BCUT2D eigenvalue weighted by molar-refractivity contribution is 5.67. The molecule has 0 amide bonds. The maximum atomic E-state index is 9.99. The van der Waals surface area contributed by atoms with Gasteiger partial charge in [-0.2, -0.15) is 0 Å². The number of aliphatic hydroxyl groups excluding tert-OH is 1. The van der Waals surface area contributed by atoms with Crippen LogP contribution in [-0.4, -0.2) is 35.4 Å². The van der Waals surface area contributed by atoms with Crippen molar-refractivity contribution >= 4 is 5.97 Å². The first kappa shape index (κ1) is 9.39. The van der Waals surface area contributed by atoms with E-state index in [1.807, 2.05) is 6.92 Å². The van der Waals surface area contributed by atoms with Crippen molar-refractivity contribution in [1.29, 1.82) is 0 Å². The van der Waals surface area contributed by atoms with Crippen LogP contribution in [0.25, 0.3) is 0 Å². The van der Waals surface area contributed by atoms with Crippen LogP contribution in [0.1, 0.15) is 13.3 Å². The highest BCUT2D eigenvalue weighted by Gasteiger charge is 2.07. The van der Waals surface area contributed by atoms with Gasteiger partial charge in [0.25, 0.3) is 0 Å². The van der Waals surface area contributed by atoms with Crippen molar-refractivity contribution < 1.29 is 15.0 Å². The van der Waals surface area contributed by atoms with Crippen molar-refractivity contribution in [3.05, 3.63) is 0 Å². The Hall–Kier alpha value is -0.610. The molecule has 0 spiro atoms. The molecule has 0 aliphatic heterocycles. The van der Waals surface area contributed by atoms with E-state index < -0.39 is 12.1 Å². The Bertz CT molecular complexity index is 105. The minimum absolute atomic E-state index is 0.188. The molecule has 1 atom stereocenters. The predicted octanol–water partition coefficient (Wildman–Crippen LogP) is -0.569. The minimum atomic E-state index is -0.967. The van der Waals surface area contributed by atoms with E-state index in [9.17, 15) is 4.79 Å². The Morgan fingerprint density at radius 2 is 2.30 bits per heavy atom. The molecule has 0 rings (SSSR count). The zero-order valence-electron chi connectivity index (χ0n) is 6.00. The molecular formula is C6H13NO3. The Labute approximate surface area is 59.9 Å². The maximum Gasteiger partial charge on any atom is 0.306 e. The molecule has 0 aromatic carbocycles. The molecule has 0 aromatic heterocycles. The highest BCUT2D eigenvalue weighted by atomic mass is 16.4. The quantitative estimate of drug-likeness (QED) is 0.487. The van der Waals surface area contributed by atoms with E-state index in [2.05, 4.69) is 5.32 Å². The first-order valence-electron chi connectivity index (χ1n) is 3.27. The lowest BCUT2D eigenvalue weighted by molar-refractivity contribution is -0.139. The van der Waals surface area contributed by atoms with Gasteiger partial charge in [0.2, 0.25) is 0 Å². The molecule has 3 N–H and O–H groups in total. The monoisotopic (exact) mass is 147 g/mol. The summed E-state index contributed by atoms with van der Waals surface area (Å²) < 4.78 is 0. The van der Waals surface area contributed by atoms with Gasteiger partial charge in [0.05, 0.1) is 12.5 Å². The molecule has 0 radical (unpaired) electrons. The molecule has 4 nitrogen and oxygen atoms in total. The third-order valence-electron chi connectivity index (χ3n) is 1.04. The van der Waals surface area contributed by atoms with Crippen molar-refractivity contribution in [2.75, 3.05) is 13.1 Å². The highest BCUT2D eigenvalue weighted by Crippen LogP contribution is 1.88. The van der Waals surface area contributed by atoms with Crippen LogP contribution in [0.2, 0.25) is 0 Å². The largest absolute Gasteiger partial charge is 0.481 e. The van der Waals surface area contributed by atoms with E-state index in [-0.39, 0.29) is 6.42 Å². The molecule has 0 saturated heterocycles. The van der Waals surface area contributed by atoms with Crippen LogP contribution in [0.15, 0.2) is 0 Å². The second-order valence-electron chi connectivity index (χ2n) is 2.06. The third-order valence-corrected chi connectivity index (χ3v) is 1.04. The third kappa shape index (κ3) is 5.53. The van der Waals surface area contributed by atoms with Crippen molar-refractivity contribution in [1.82, 2.24) is 5.32 Å². The summed E-state index contributed by atoms with van der Waals surface area (Å²) in [7, 11) is 0. The van der Waals surface area contributed by atoms with Crippen LogP contribution in [0.4, 0.5) is 0 Å². The minimum Gasteiger partial charge on any atom is -0.481 e. The second-order valence-corrected chi connectivity index (χ2v) is 2.06. The number of aliphatic carboxylic acids is 1. The lowest BCUT2D eigenvalue weighted by atomic mass is 10.2. The molecule has 4 heteroatoms. The number of rotatable bonds is 5. The fourth-order valence-corrected chi connectivity index (χ4v) is 0.585. The Morgan fingerprint density at radius 3 is 2.70 bits per heavy atom. The number of carbonyl (C=O) groups is 1. The van der Waals surface area contributed by atoms with Crippen molar-refractivity contribution in [2.24, 2.45) is 0 Å². The van der Waals surface area contributed by atoms with Crippen molar-refractivity contribution in [3.63, 3.8) is 0 Å². The average molecular weight is 147 g/mol. The Morgan fingerprint density at radius 1 is 1.70 bits per heavy atom. The summed E-state index contributed by atoms with van der Waals surface area (Å²) >= 11 is 0. The topological polar surface area (TPSA) is 69.6 Å². The molecule has 0 fully saturated rings. The second kappa shape index (κ2) is 5.20. The van der Waals surface area contributed by atoms with Gasteiger partial charge in [-0.3, -0.25) is 4.79 Å². The van der Waals surface area contributed by atoms with Crippen LogP contribution in [0.5, 0.6) is 0 Å². The van der Waals surface area contributed by atoms with Gasteiger partial charge >= 0.3 is 5.97 Å². The van der Waals surface area contributed by atoms with E-state index in [1.54, 1.807) is 0 Å². The number of hydrogen-bond donors (Lipinski definition) is 3. The number of carboxylic acid groups (broad SMARTS) is 1. The van der Waals surface area contributed by atoms with Crippen LogP contribution >= 0.6 is 0 Å².